The van der Waals surface area contributed by atoms with Crippen molar-refractivity contribution in [2.75, 3.05) is 20.3 Å². The van der Waals surface area contributed by atoms with Gasteiger partial charge in [0.25, 0.3) is 11.5 Å². The van der Waals surface area contributed by atoms with E-state index in [1.807, 2.05) is 25.5 Å². The van der Waals surface area contributed by atoms with Crippen LogP contribution in [0.4, 0.5) is 0 Å². The molecule has 1 amide bonds. The van der Waals surface area contributed by atoms with Gasteiger partial charge in [-0.3, -0.25) is 19.3 Å². The highest BCUT2D eigenvalue weighted by Gasteiger charge is 2.21. The number of rotatable bonds is 7. The van der Waals surface area contributed by atoms with Crippen molar-refractivity contribution >= 4 is 5.91 Å². The van der Waals surface area contributed by atoms with Gasteiger partial charge in [0.15, 0.2) is 0 Å². The number of hydrogen-bond acceptors (Lipinski definition) is 5. The molecule has 0 saturated carbocycles. The molecule has 2 rings (SSSR count). The summed E-state index contributed by atoms with van der Waals surface area (Å²) in [5, 5.41) is 4.49. The van der Waals surface area contributed by atoms with Crippen LogP contribution in [-0.4, -0.2) is 50.8 Å². The Morgan fingerprint density at radius 1 is 1.38 bits per heavy atom. The zero-order chi connectivity index (χ0) is 17.7. The maximum Gasteiger partial charge on any atom is 0.272 e. The van der Waals surface area contributed by atoms with Crippen LogP contribution < -0.4 is 5.56 Å². The molecule has 0 aromatic carbocycles. The van der Waals surface area contributed by atoms with E-state index in [-0.39, 0.29) is 11.6 Å². The predicted molar refractivity (Wildman–Crippen MR) is 88.8 cm³/mol. The summed E-state index contributed by atoms with van der Waals surface area (Å²) in [6, 6.07) is 0. The SMILES string of the molecule is CCn1nc(C)c(CN(CCOC)C(=O)c2cncc(=O)[nH]2)c1C. The van der Waals surface area contributed by atoms with Crippen molar-refractivity contribution in [3.63, 3.8) is 0 Å². The molecular formula is C16H23N5O3. The van der Waals surface area contributed by atoms with E-state index in [1.165, 1.54) is 6.20 Å². The molecule has 0 bridgehead atoms. The lowest BCUT2D eigenvalue weighted by molar-refractivity contribution is 0.0673. The largest absolute Gasteiger partial charge is 0.383 e. The summed E-state index contributed by atoms with van der Waals surface area (Å²) < 4.78 is 7.02. The molecule has 0 spiro atoms. The van der Waals surface area contributed by atoms with Gasteiger partial charge in [0.1, 0.15) is 5.69 Å². The van der Waals surface area contributed by atoms with Gasteiger partial charge in [-0.25, -0.2) is 0 Å². The first kappa shape index (κ1) is 17.9. The number of H-pyrrole nitrogens is 1. The smallest absolute Gasteiger partial charge is 0.272 e. The average Bonchev–Trinajstić information content (AvgIpc) is 2.85. The molecule has 1 N–H and O–H groups in total. The van der Waals surface area contributed by atoms with Crippen molar-refractivity contribution in [3.05, 3.63) is 45.4 Å². The number of carbonyl (C=O) groups is 1. The summed E-state index contributed by atoms with van der Waals surface area (Å²) in [6.45, 7) is 7.92. The molecule has 0 saturated heterocycles. The lowest BCUT2D eigenvalue weighted by Gasteiger charge is -2.22. The minimum Gasteiger partial charge on any atom is -0.383 e. The molecule has 0 atom stereocenters. The fraction of sp³-hybridized carbons (Fsp3) is 0.500. The Labute approximate surface area is 140 Å². The molecule has 8 nitrogen and oxygen atoms in total. The molecular weight excluding hydrogens is 310 g/mol. The fourth-order valence-electron chi connectivity index (χ4n) is 2.57. The maximum atomic E-state index is 12.7. The highest BCUT2D eigenvalue weighted by molar-refractivity contribution is 5.91. The number of carbonyl (C=O) groups excluding carboxylic acids is 1. The van der Waals surface area contributed by atoms with E-state index in [9.17, 15) is 9.59 Å². The van der Waals surface area contributed by atoms with Crippen molar-refractivity contribution in [1.29, 1.82) is 0 Å². The van der Waals surface area contributed by atoms with E-state index in [4.69, 9.17) is 4.74 Å². The van der Waals surface area contributed by atoms with E-state index in [0.29, 0.717) is 19.7 Å². The number of aromatic amines is 1. The molecule has 2 aromatic heterocycles. The van der Waals surface area contributed by atoms with E-state index < -0.39 is 5.56 Å². The van der Waals surface area contributed by atoms with Gasteiger partial charge >= 0.3 is 0 Å². The van der Waals surface area contributed by atoms with Crippen LogP contribution in [0.3, 0.4) is 0 Å². The van der Waals surface area contributed by atoms with Crippen LogP contribution >= 0.6 is 0 Å². The Balaban J connectivity index is 2.30. The van der Waals surface area contributed by atoms with E-state index >= 15 is 0 Å². The Morgan fingerprint density at radius 2 is 2.12 bits per heavy atom. The van der Waals surface area contributed by atoms with Gasteiger partial charge in [-0.05, 0) is 20.8 Å². The van der Waals surface area contributed by atoms with Gasteiger partial charge < -0.3 is 14.6 Å². The minimum absolute atomic E-state index is 0.164. The molecule has 0 aliphatic rings. The third kappa shape index (κ3) is 3.88. The van der Waals surface area contributed by atoms with Gasteiger partial charge in [0.05, 0.1) is 24.7 Å². The number of aromatic nitrogens is 4. The van der Waals surface area contributed by atoms with Gasteiger partial charge in [0, 0.05) is 38.0 Å². The second-order valence-electron chi connectivity index (χ2n) is 5.49. The summed E-state index contributed by atoms with van der Waals surface area (Å²) in [7, 11) is 1.58. The van der Waals surface area contributed by atoms with Crippen molar-refractivity contribution in [1.82, 2.24) is 24.6 Å². The molecule has 24 heavy (non-hydrogen) atoms. The lowest BCUT2D eigenvalue weighted by atomic mass is 10.1. The summed E-state index contributed by atoms with van der Waals surface area (Å²) >= 11 is 0. The van der Waals surface area contributed by atoms with Crippen molar-refractivity contribution in [2.24, 2.45) is 0 Å². The van der Waals surface area contributed by atoms with E-state index in [0.717, 1.165) is 29.7 Å². The van der Waals surface area contributed by atoms with Gasteiger partial charge in [-0.2, -0.15) is 5.10 Å². The van der Waals surface area contributed by atoms with Crippen LogP contribution in [0, 0.1) is 13.8 Å². The quantitative estimate of drug-likeness (QED) is 0.812. The average molecular weight is 333 g/mol. The second-order valence-corrected chi connectivity index (χ2v) is 5.49. The normalized spacial score (nSPS) is 10.8. The molecule has 130 valence electrons. The molecule has 0 fully saturated rings. The second kappa shape index (κ2) is 7.87. The third-order valence-corrected chi connectivity index (χ3v) is 3.92. The topological polar surface area (TPSA) is 93.1 Å². The number of ether oxygens (including phenoxy) is 1. The molecule has 0 radical (unpaired) electrons. The first-order valence-corrected chi connectivity index (χ1v) is 7.83. The van der Waals surface area contributed by atoms with Crippen LogP contribution in [0.15, 0.2) is 17.2 Å². The van der Waals surface area contributed by atoms with Crippen LogP contribution in [0.2, 0.25) is 0 Å². The standard InChI is InChI=1S/C16H23N5O3/c1-5-21-12(3)13(11(2)19-21)10-20(6-7-24-4)16(23)14-8-17-9-15(22)18-14/h8-9H,5-7,10H2,1-4H3,(H,18,22). The Bertz CT molecular complexity index is 765. The Morgan fingerprint density at radius 3 is 2.71 bits per heavy atom. The van der Waals surface area contributed by atoms with Gasteiger partial charge in [0.2, 0.25) is 0 Å². The molecule has 0 aliphatic carbocycles. The summed E-state index contributed by atoms with van der Waals surface area (Å²) in [5.74, 6) is -0.291. The third-order valence-electron chi connectivity index (χ3n) is 3.92. The number of amides is 1. The van der Waals surface area contributed by atoms with E-state index in [1.54, 1.807) is 12.0 Å². The summed E-state index contributed by atoms with van der Waals surface area (Å²) in [6.07, 6.45) is 2.49. The molecule has 2 heterocycles. The van der Waals surface area contributed by atoms with E-state index in [2.05, 4.69) is 15.1 Å². The van der Waals surface area contributed by atoms with Crippen molar-refractivity contribution < 1.29 is 9.53 Å². The Kier molecular flexibility index (Phi) is 5.86. The molecule has 0 aliphatic heterocycles. The minimum atomic E-state index is -0.404. The number of aryl methyl sites for hydroxylation is 2. The maximum absolute atomic E-state index is 12.7. The zero-order valence-electron chi connectivity index (χ0n) is 14.5. The van der Waals surface area contributed by atoms with Crippen LogP contribution in [0.5, 0.6) is 0 Å². The monoisotopic (exact) mass is 333 g/mol. The molecule has 0 unspecified atom stereocenters. The Hall–Kier alpha value is -2.48. The van der Waals surface area contributed by atoms with Gasteiger partial charge in [-0.15, -0.1) is 0 Å². The van der Waals surface area contributed by atoms with Crippen LogP contribution in [0.25, 0.3) is 0 Å². The van der Waals surface area contributed by atoms with Crippen molar-refractivity contribution in [2.45, 2.75) is 33.9 Å². The van der Waals surface area contributed by atoms with Crippen LogP contribution in [-0.2, 0) is 17.8 Å². The number of hydrogen-bond donors (Lipinski definition) is 1. The van der Waals surface area contributed by atoms with Gasteiger partial charge in [-0.1, -0.05) is 0 Å². The summed E-state index contributed by atoms with van der Waals surface area (Å²) in [4.78, 5) is 32.1. The first-order chi connectivity index (χ1) is 11.5. The lowest BCUT2D eigenvalue weighted by Crippen LogP contribution is -2.35. The highest BCUT2D eigenvalue weighted by atomic mass is 16.5. The highest BCUT2D eigenvalue weighted by Crippen LogP contribution is 2.16. The fourth-order valence-corrected chi connectivity index (χ4v) is 2.57. The zero-order valence-corrected chi connectivity index (χ0v) is 14.5. The number of nitrogens with one attached hydrogen (secondary N) is 1. The van der Waals surface area contributed by atoms with Crippen molar-refractivity contribution in [3.8, 4) is 0 Å². The molecule has 8 heteroatoms. The van der Waals surface area contributed by atoms with Crippen LogP contribution in [0.1, 0.15) is 34.4 Å². The molecule has 2 aromatic rings. The number of methoxy groups -OCH3 is 1. The predicted octanol–water partition coefficient (Wildman–Crippen LogP) is 0.892. The summed E-state index contributed by atoms with van der Waals surface area (Å²) in [5.41, 5.74) is 2.69. The number of nitrogens with zero attached hydrogens (tertiary/aromatic N) is 4. The first-order valence-electron chi connectivity index (χ1n) is 7.83.